The minimum absolute atomic E-state index is 0.0557. The van der Waals surface area contributed by atoms with Crippen LogP contribution in [0.15, 0.2) is 29.2 Å². The number of amides is 1. The van der Waals surface area contributed by atoms with Crippen molar-refractivity contribution in [1.82, 2.24) is 14.5 Å². The van der Waals surface area contributed by atoms with Crippen molar-refractivity contribution < 1.29 is 18.3 Å². The quantitative estimate of drug-likeness (QED) is 0.786. The second-order valence-electron chi connectivity index (χ2n) is 7.30. The van der Waals surface area contributed by atoms with Crippen LogP contribution >= 0.6 is 0 Å². The standard InChI is InChI=1S/C18H27N3O4S/c1-13(2)14-3-5-16(6-4-14)26(24,25)21-9-7-20(8-10-21)18(23)17-11-15(22)12-19-17/h3-6,13,15,17,19,22H,7-12H2,1-2H3. The van der Waals surface area contributed by atoms with Gasteiger partial charge in [-0.25, -0.2) is 8.42 Å². The molecule has 26 heavy (non-hydrogen) atoms. The molecule has 2 atom stereocenters. The fourth-order valence-electron chi connectivity index (χ4n) is 3.45. The molecule has 2 unspecified atom stereocenters. The van der Waals surface area contributed by atoms with Crippen molar-refractivity contribution in [2.75, 3.05) is 32.7 Å². The van der Waals surface area contributed by atoms with Crippen LogP contribution in [0, 0.1) is 0 Å². The Hall–Kier alpha value is -1.48. The number of carbonyl (C=O) groups is 1. The van der Waals surface area contributed by atoms with Crippen molar-refractivity contribution in [3.63, 3.8) is 0 Å². The molecule has 8 heteroatoms. The van der Waals surface area contributed by atoms with E-state index in [0.717, 1.165) is 5.56 Å². The lowest BCUT2D eigenvalue weighted by atomic mass is 10.0. The van der Waals surface area contributed by atoms with Gasteiger partial charge in [0.25, 0.3) is 0 Å². The van der Waals surface area contributed by atoms with Gasteiger partial charge in [0.05, 0.1) is 17.0 Å². The van der Waals surface area contributed by atoms with Crippen molar-refractivity contribution in [2.24, 2.45) is 0 Å². The molecule has 0 saturated carbocycles. The van der Waals surface area contributed by atoms with E-state index in [0.29, 0.717) is 36.9 Å². The zero-order chi connectivity index (χ0) is 18.9. The highest BCUT2D eigenvalue weighted by atomic mass is 32.2. The number of piperazine rings is 1. The van der Waals surface area contributed by atoms with Gasteiger partial charge in [0.2, 0.25) is 15.9 Å². The molecule has 0 spiro atoms. The van der Waals surface area contributed by atoms with Gasteiger partial charge in [0.1, 0.15) is 0 Å². The van der Waals surface area contributed by atoms with Gasteiger partial charge in [-0.1, -0.05) is 26.0 Å². The van der Waals surface area contributed by atoms with Gasteiger partial charge in [0.15, 0.2) is 0 Å². The maximum Gasteiger partial charge on any atom is 0.243 e. The molecule has 3 rings (SSSR count). The van der Waals surface area contributed by atoms with E-state index in [2.05, 4.69) is 19.2 Å². The van der Waals surface area contributed by atoms with Crippen LogP contribution in [0.3, 0.4) is 0 Å². The summed E-state index contributed by atoms with van der Waals surface area (Å²) in [5.74, 6) is 0.295. The number of nitrogens with zero attached hydrogens (tertiary/aromatic N) is 2. The van der Waals surface area contributed by atoms with Crippen LogP contribution in [-0.4, -0.2) is 73.5 Å². The minimum atomic E-state index is -3.54. The van der Waals surface area contributed by atoms with E-state index in [1.807, 2.05) is 12.1 Å². The molecule has 2 fully saturated rings. The molecule has 0 bridgehead atoms. The summed E-state index contributed by atoms with van der Waals surface area (Å²) in [7, 11) is -3.54. The Kier molecular flexibility index (Phi) is 5.67. The number of rotatable bonds is 4. The zero-order valence-corrected chi connectivity index (χ0v) is 16.1. The summed E-state index contributed by atoms with van der Waals surface area (Å²) in [4.78, 5) is 14.4. The first-order valence-corrected chi connectivity index (χ1v) is 10.5. The molecule has 144 valence electrons. The summed E-state index contributed by atoms with van der Waals surface area (Å²) in [5.41, 5.74) is 1.10. The predicted molar refractivity (Wildman–Crippen MR) is 98.3 cm³/mol. The fourth-order valence-corrected chi connectivity index (χ4v) is 4.87. The maximum absolute atomic E-state index is 12.8. The Bertz CT molecular complexity index is 740. The largest absolute Gasteiger partial charge is 0.392 e. The molecule has 0 radical (unpaired) electrons. The fraction of sp³-hybridized carbons (Fsp3) is 0.611. The van der Waals surface area contributed by atoms with Crippen LogP contribution < -0.4 is 5.32 Å². The minimum Gasteiger partial charge on any atom is -0.392 e. The Balaban J connectivity index is 1.62. The Morgan fingerprint density at radius 2 is 1.77 bits per heavy atom. The van der Waals surface area contributed by atoms with Crippen LogP contribution in [0.5, 0.6) is 0 Å². The third kappa shape index (κ3) is 3.93. The summed E-state index contributed by atoms with van der Waals surface area (Å²) in [6.07, 6.45) is -0.0704. The number of nitrogens with one attached hydrogen (secondary N) is 1. The van der Waals surface area contributed by atoms with Crippen molar-refractivity contribution in [1.29, 1.82) is 0 Å². The molecule has 2 saturated heterocycles. The van der Waals surface area contributed by atoms with Crippen molar-refractivity contribution in [3.05, 3.63) is 29.8 Å². The molecule has 2 aliphatic heterocycles. The number of aliphatic hydroxyl groups is 1. The van der Waals surface area contributed by atoms with Crippen LogP contribution in [0.2, 0.25) is 0 Å². The Morgan fingerprint density at radius 1 is 1.15 bits per heavy atom. The molecule has 2 N–H and O–H groups in total. The third-order valence-corrected chi connectivity index (χ3v) is 7.05. The Labute approximate surface area is 155 Å². The van der Waals surface area contributed by atoms with Gasteiger partial charge in [-0.2, -0.15) is 4.31 Å². The molecule has 0 aromatic heterocycles. The summed E-state index contributed by atoms with van der Waals surface area (Å²) in [6.45, 7) is 5.88. The maximum atomic E-state index is 12.8. The highest BCUT2D eigenvalue weighted by Crippen LogP contribution is 2.21. The average molecular weight is 381 g/mol. The number of hydrogen-bond donors (Lipinski definition) is 2. The molecule has 1 aromatic rings. The van der Waals surface area contributed by atoms with Gasteiger partial charge >= 0.3 is 0 Å². The summed E-state index contributed by atoms with van der Waals surface area (Å²) in [6, 6.07) is 6.66. The van der Waals surface area contributed by atoms with Crippen molar-refractivity contribution in [2.45, 2.75) is 43.2 Å². The topological polar surface area (TPSA) is 90.0 Å². The smallest absolute Gasteiger partial charge is 0.243 e. The highest BCUT2D eigenvalue weighted by Gasteiger charge is 2.35. The van der Waals surface area contributed by atoms with Crippen LogP contribution in [0.25, 0.3) is 0 Å². The van der Waals surface area contributed by atoms with Crippen molar-refractivity contribution >= 4 is 15.9 Å². The molecule has 0 aliphatic carbocycles. The second kappa shape index (κ2) is 7.64. The number of sulfonamides is 1. The lowest BCUT2D eigenvalue weighted by molar-refractivity contribution is -0.134. The number of β-amino-alcohol motifs (C(OH)–C–C–N with tert-alkyl or cyclic N) is 1. The second-order valence-corrected chi connectivity index (χ2v) is 9.24. The zero-order valence-electron chi connectivity index (χ0n) is 15.3. The molecule has 1 amide bonds. The van der Waals surface area contributed by atoms with Crippen LogP contribution in [0.4, 0.5) is 0 Å². The number of carbonyl (C=O) groups excluding carboxylic acids is 1. The number of hydrogen-bond acceptors (Lipinski definition) is 5. The SMILES string of the molecule is CC(C)c1ccc(S(=O)(=O)N2CCN(C(=O)C3CC(O)CN3)CC2)cc1. The summed E-state index contributed by atoms with van der Waals surface area (Å²) in [5, 5.41) is 12.6. The lowest BCUT2D eigenvalue weighted by Gasteiger charge is -2.35. The normalized spacial score (nSPS) is 25.0. The first-order chi connectivity index (χ1) is 12.3. The van der Waals surface area contributed by atoms with Gasteiger partial charge in [-0.15, -0.1) is 0 Å². The van der Waals surface area contributed by atoms with Crippen LogP contribution in [0.1, 0.15) is 31.7 Å². The van der Waals surface area contributed by atoms with Gasteiger partial charge in [-0.3, -0.25) is 4.79 Å². The van der Waals surface area contributed by atoms with E-state index in [4.69, 9.17) is 0 Å². The van der Waals surface area contributed by atoms with E-state index < -0.39 is 16.1 Å². The summed E-state index contributed by atoms with van der Waals surface area (Å²) >= 11 is 0. The molecule has 2 heterocycles. The van der Waals surface area contributed by atoms with Gasteiger partial charge in [0, 0.05) is 32.7 Å². The third-order valence-electron chi connectivity index (χ3n) is 5.14. The lowest BCUT2D eigenvalue weighted by Crippen LogP contribution is -2.54. The van der Waals surface area contributed by atoms with E-state index in [-0.39, 0.29) is 25.0 Å². The van der Waals surface area contributed by atoms with Gasteiger partial charge in [-0.05, 0) is 30.0 Å². The molecule has 2 aliphatic rings. The van der Waals surface area contributed by atoms with Crippen molar-refractivity contribution in [3.8, 4) is 0 Å². The average Bonchev–Trinajstić information content (AvgIpc) is 3.07. The Morgan fingerprint density at radius 3 is 2.27 bits per heavy atom. The number of aliphatic hydroxyl groups excluding tert-OH is 1. The first kappa shape index (κ1) is 19.3. The van der Waals surface area contributed by atoms with Gasteiger partial charge < -0.3 is 15.3 Å². The highest BCUT2D eigenvalue weighted by molar-refractivity contribution is 7.89. The van der Waals surface area contributed by atoms with E-state index >= 15 is 0 Å². The first-order valence-electron chi connectivity index (χ1n) is 9.09. The molecule has 1 aromatic carbocycles. The molecule has 7 nitrogen and oxygen atoms in total. The molecular formula is C18H27N3O4S. The predicted octanol–water partition coefficient (Wildman–Crippen LogP) is 0.366. The monoisotopic (exact) mass is 381 g/mol. The van der Waals surface area contributed by atoms with E-state index in [1.165, 1.54) is 4.31 Å². The van der Waals surface area contributed by atoms with E-state index in [9.17, 15) is 18.3 Å². The van der Waals surface area contributed by atoms with E-state index in [1.54, 1.807) is 17.0 Å². The van der Waals surface area contributed by atoms with Crippen LogP contribution in [-0.2, 0) is 14.8 Å². The molecular weight excluding hydrogens is 354 g/mol. The summed E-state index contributed by atoms with van der Waals surface area (Å²) < 4.78 is 27.1. The number of benzene rings is 1.